The highest BCUT2D eigenvalue weighted by molar-refractivity contribution is 6.22. The predicted octanol–water partition coefficient (Wildman–Crippen LogP) is 6.88. The molecule has 0 heterocycles. The van der Waals surface area contributed by atoms with E-state index in [0.717, 1.165) is 29.7 Å². The summed E-state index contributed by atoms with van der Waals surface area (Å²) >= 11 is 6.77. The van der Waals surface area contributed by atoms with Crippen LogP contribution in [0.25, 0.3) is 0 Å². The van der Waals surface area contributed by atoms with Crippen molar-refractivity contribution in [1.82, 2.24) is 0 Å². The fraction of sp³-hybridized carbons (Fsp3) is 0.556. The standard InChI is InChI=1S/C27H39ClO4/c1-19(2)17-22-13-14-25(27(28,29-6)30-7)26(24(22)18-20(3)4)21(5)31-15-16-32-23-11-9-8-10-12-23/h8-14,19-21H,15-18H2,1-7H3. The van der Waals surface area contributed by atoms with Gasteiger partial charge in [0, 0.05) is 19.8 Å². The van der Waals surface area contributed by atoms with Gasteiger partial charge in [0.1, 0.15) is 12.4 Å². The van der Waals surface area contributed by atoms with Crippen LogP contribution in [0.2, 0.25) is 0 Å². The summed E-state index contributed by atoms with van der Waals surface area (Å²) in [5.74, 6) is 1.86. The highest BCUT2D eigenvalue weighted by Crippen LogP contribution is 2.40. The lowest BCUT2D eigenvalue weighted by Gasteiger charge is -2.31. The molecule has 0 amide bonds. The minimum atomic E-state index is -1.37. The van der Waals surface area contributed by atoms with E-state index in [0.29, 0.717) is 25.0 Å². The van der Waals surface area contributed by atoms with E-state index in [4.69, 9.17) is 30.5 Å². The van der Waals surface area contributed by atoms with Crippen LogP contribution in [0.1, 0.15) is 63.0 Å². The summed E-state index contributed by atoms with van der Waals surface area (Å²) in [6.45, 7) is 11.9. The van der Waals surface area contributed by atoms with Crippen molar-refractivity contribution in [3.63, 3.8) is 0 Å². The fourth-order valence-electron chi connectivity index (χ4n) is 4.00. The van der Waals surface area contributed by atoms with Gasteiger partial charge in [0.25, 0.3) is 5.25 Å². The van der Waals surface area contributed by atoms with Crippen LogP contribution in [0.4, 0.5) is 0 Å². The normalized spacial score (nSPS) is 13.1. The number of methoxy groups -OCH3 is 2. The van der Waals surface area contributed by atoms with Crippen molar-refractivity contribution >= 4 is 11.6 Å². The first-order valence-electron chi connectivity index (χ1n) is 11.5. The zero-order valence-corrected chi connectivity index (χ0v) is 21.4. The summed E-state index contributed by atoms with van der Waals surface area (Å²) in [5, 5.41) is -1.37. The predicted molar refractivity (Wildman–Crippen MR) is 131 cm³/mol. The molecule has 2 rings (SSSR count). The first-order valence-corrected chi connectivity index (χ1v) is 11.8. The Morgan fingerprint density at radius 3 is 2.00 bits per heavy atom. The summed E-state index contributed by atoms with van der Waals surface area (Å²) < 4.78 is 23.2. The van der Waals surface area contributed by atoms with Crippen molar-refractivity contribution in [2.24, 2.45) is 11.8 Å². The Kier molecular flexibility index (Phi) is 10.5. The molecular formula is C27H39ClO4. The largest absolute Gasteiger partial charge is 0.491 e. The smallest absolute Gasteiger partial charge is 0.276 e. The third-order valence-corrected chi connectivity index (χ3v) is 5.92. The third kappa shape index (κ3) is 7.21. The molecule has 5 heteroatoms. The van der Waals surface area contributed by atoms with E-state index in [1.54, 1.807) is 14.2 Å². The van der Waals surface area contributed by atoms with E-state index < -0.39 is 5.25 Å². The monoisotopic (exact) mass is 462 g/mol. The van der Waals surface area contributed by atoms with Crippen LogP contribution in [0.3, 0.4) is 0 Å². The van der Waals surface area contributed by atoms with E-state index in [9.17, 15) is 0 Å². The second kappa shape index (κ2) is 12.6. The summed E-state index contributed by atoms with van der Waals surface area (Å²) in [4.78, 5) is 0. The third-order valence-electron chi connectivity index (χ3n) is 5.41. The quantitative estimate of drug-likeness (QED) is 0.184. The minimum absolute atomic E-state index is 0.200. The van der Waals surface area contributed by atoms with Crippen LogP contribution in [0, 0.1) is 11.8 Å². The first kappa shape index (κ1) is 26.7. The maximum atomic E-state index is 6.77. The number of rotatable bonds is 13. The fourth-order valence-corrected chi connectivity index (χ4v) is 4.17. The summed E-state index contributed by atoms with van der Waals surface area (Å²) in [5.41, 5.74) is 4.45. The number of alkyl halides is 1. The topological polar surface area (TPSA) is 36.9 Å². The molecule has 0 radical (unpaired) electrons. The Bertz CT molecular complexity index is 816. The first-order chi connectivity index (χ1) is 15.2. The molecule has 0 aliphatic carbocycles. The maximum absolute atomic E-state index is 6.77. The molecule has 2 aromatic carbocycles. The van der Waals surface area contributed by atoms with Crippen molar-refractivity contribution in [1.29, 1.82) is 0 Å². The summed E-state index contributed by atoms with van der Waals surface area (Å²) in [6.07, 6.45) is 1.72. The van der Waals surface area contributed by atoms with Crippen LogP contribution in [0.5, 0.6) is 5.75 Å². The van der Waals surface area contributed by atoms with Crippen molar-refractivity contribution in [3.05, 3.63) is 64.7 Å². The Balaban J connectivity index is 2.37. The molecule has 2 aromatic rings. The van der Waals surface area contributed by atoms with Gasteiger partial charge in [-0.1, -0.05) is 69.6 Å². The number of hydrogen-bond donors (Lipinski definition) is 0. The van der Waals surface area contributed by atoms with Crippen molar-refractivity contribution in [2.75, 3.05) is 27.4 Å². The van der Waals surface area contributed by atoms with E-state index in [1.165, 1.54) is 11.1 Å². The molecule has 0 bridgehead atoms. The molecule has 4 nitrogen and oxygen atoms in total. The number of benzene rings is 2. The van der Waals surface area contributed by atoms with Crippen molar-refractivity contribution < 1.29 is 18.9 Å². The molecule has 1 unspecified atom stereocenters. The van der Waals surface area contributed by atoms with Gasteiger partial charge in [0.15, 0.2) is 0 Å². The van der Waals surface area contributed by atoms with E-state index in [2.05, 4.69) is 40.7 Å². The molecule has 32 heavy (non-hydrogen) atoms. The number of para-hydroxylation sites is 1. The average molecular weight is 463 g/mol. The molecule has 0 aromatic heterocycles. The molecular weight excluding hydrogens is 424 g/mol. The van der Waals surface area contributed by atoms with E-state index >= 15 is 0 Å². The van der Waals surface area contributed by atoms with Crippen LogP contribution >= 0.6 is 11.6 Å². The Morgan fingerprint density at radius 1 is 0.812 bits per heavy atom. The average Bonchev–Trinajstić information content (AvgIpc) is 2.77. The molecule has 0 aliphatic rings. The van der Waals surface area contributed by atoms with E-state index in [-0.39, 0.29) is 6.10 Å². The summed E-state index contributed by atoms with van der Waals surface area (Å²) in [7, 11) is 3.12. The maximum Gasteiger partial charge on any atom is 0.276 e. The number of halogens is 1. The number of hydrogen-bond acceptors (Lipinski definition) is 4. The van der Waals surface area contributed by atoms with Gasteiger partial charge < -0.3 is 18.9 Å². The van der Waals surface area contributed by atoms with Crippen molar-refractivity contribution in [3.8, 4) is 5.75 Å². The lowest BCUT2D eigenvalue weighted by molar-refractivity contribution is -0.149. The van der Waals surface area contributed by atoms with Gasteiger partial charge in [-0.05, 0) is 60.4 Å². The number of ether oxygens (including phenoxy) is 4. The Morgan fingerprint density at radius 2 is 1.44 bits per heavy atom. The van der Waals surface area contributed by atoms with Crippen molar-refractivity contribution in [2.45, 2.75) is 58.8 Å². The Labute approximate surface area is 199 Å². The molecule has 178 valence electrons. The molecule has 1 atom stereocenters. The summed E-state index contributed by atoms with van der Waals surface area (Å²) in [6, 6.07) is 14.0. The molecule has 0 fully saturated rings. The second-order valence-electron chi connectivity index (χ2n) is 8.98. The van der Waals surface area contributed by atoms with Crippen LogP contribution in [0.15, 0.2) is 42.5 Å². The van der Waals surface area contributed by atoms with Gasteiger partial charge in [-0.2, -0.15) is 0 Å². The lowest BCUT2D eigenvalue weighted by Crippen LogP contribution is -2.28. The molecule has 0 N–H and O–H groups in total. The highest BCUT2D eigenvalue weighted by atomic mass is 35.5. The van der Waals surface area contributed by atoms with Crippen LogP contribution in [-0.4, -0.2) is 27.4 Å². The zero-order chi connectivity index (χ0) is 23.7. The van der Waals surface area contributed by atoms with Gasteiger partial charge in [-0.15, -0.1) is 0 Å². The van der Waals surface area contributed by atoms with E-state index in [1.807, 2.05) is 36.4 Å². The minimum Gasteiger partial charge on any atom is -0.491 e. The van der Waals surface area contributed by atoms with Gasteiger partial charge in [0.2, 0.25) is 0 Å². The molecule has 0 aliphatic heterocycles. The zero-order valence-electron chi connectivity index (χ0n) is 20.6. The van der Waals surface area contributed by atoms with Gasteiger partial charge in [0.05, 0.1) is 12.7 Å². The second-order valence-corrected chi connectivity index (χ2v) is 9.48. The van der Waals surface area contributed by atoms with Gasteiger partial charge in [-0.3, -0.25) is 0 Å². The van der Waals surface area contributed by atoms with Gasteiger partial charge >= 0.3 is 0 Å². The Hall–Kier alpha value is -1.59. The highest BCUT2D eigenvalue weighted by Gasteiger charge is 2.35. The molecule has 0 saturated carbocycles. The van der Waals surface area contributed by atoms with Gasteiger partial charge in [-0.25, -0.2) is 0 Å². The lowest BCUT2D eigenvalue weighted by atomic mass is 9.84. The van der Waals surface area contributed by atoms with Crippen LogP contribution < -0.4 is 4.74 Å². The SMILES string of the molecule is COC(Cl)(OC)c1ccc(CC(C)C)c(CC(C)C)c1C(C)OCCOc1ccccc1. The molecule has 0 spiro atoms. The molecule has 0 saturated heterocycles. The van der Waals surface area contributed by atoms with Crippen LogP contribution in [-0.2, 0) is 32.3 Å².